The Morgan fingerprint density at radius 2 is 2.19 bits per heavy atom. The van der Waals surface area contributed by atoms with Gasteiger partial charge in [-0.25, -0.2) is 9.07 Å². The Balaban J connectivity index is 2.49. The molecule has 0 aliphatic rings. The van der Waals surface area contributed by atoms with E-state index >= 15 is 0 Å². The molecule has 2 aromatic rings. The van der Waals surface area contributed by atoms with E-state index in [2.05, 4.69) is 5.10 Å². The van der Waals surface area contributed by atoms with Gasteiger partial charge in [-0.2, -0.15) is 5.10 Å². The van der Waals surface area contributed by atoms with Crippen LogP contribution in [0, 0.1) is 12.7 Å². The maximum absolute atomic E-state index is 13.0. The SMILES string of the molecule is Cc1cc(CO)nn1-c1ccc(F)c(Cl)c1. The Labute approximate surface area is 97.1 Å². The largest absolute Gasteiger partial charge is 0.390 e. The van der Waals surface area contributed by atoms with E-state index < -0.39 is 5.82 Å². The van der Waals surface area contributed by atoms with E-state index in [0.717, 1.165) is 5.69 Å². The molecular weight excluding hydrogens is 231 g/mol. The molecule has 0 bridgehead atoms. The molecule has 0 amide bonds. The summed E-state index contributed by atoms with van der Waals surface area (Å²) >= 11 is 5.69. The third kappa shape index (κ3) is 1.94. The molecule has 1 heterocycles. The van der Waals surface area contributed by atoms with Crippen LogP contribution in [0.1, 0.15) is 11.4 Å². The fourth-order valence-electron chi connectivity index (χ4n) is 1.49. The van der Waals surface area contributed by atoms with Crippen molar-refractivity contribution in [3.63, 3.8) is 0 Å². The summed E-state index contributed by atoms with van der Waals surface area (Å²) in [5, 5.41) is 13.2. The molecule has 0 fully saturated rings. The lowest BCUT2D eigenvalue weighted by Crippen LogP contribution is -1.99. The fourth-order valence-corrected chi connectivity index (χ4v) is 1.67. The zero-order valence-corrected chi connectivity index (χ0v) is 9.37. The van der Waals surface area contributed by atoms with Crippen molar-refractivity contribution in [2.45, 2.75) is 13.5 Å². The molecule has 1 aromatic heterocycles. The molecule has 0 radical (unpaired) electrons. The first-order chi connectivity index (χ1) is 7.61. The van der Waals surface area contributed by atoms with Crippen LogP contribution in [-0.2, 0) is 6.61 Å². The number of benzene rings is 1. The highest BCUT2D eigenvalue weighted by molar-refractivity contribution is 6.30. The van der Waals surface area contributed by atoms with Crippen molar-refractivity contribution >= 4 is 11.6 Å². The number of aromatic nitrogens is 2. The van der Waals surface area contributed by atoms with E-state index in [0.29, 0.717) is 11.4 Å². The maximum atomic E-state index is 13.0. The Morgan fingerprint density at radius 1 is 1.44 bits per heavy atom. The van der Waals surface area contributed by atoms with Crippen molar-refractivity contribution in [3.8, 4) is 5.69 Å². The lowest BCUT2D eigenvalue weighted by molar-refractivity contribution is 0.276. The maximum Gasteiger partial charge on any atom is 0.141 e. The first-order valence-electron chi connectivity index (χ1n) is 4.73. The molecule has 0 aliphatic heterocycles. The summed E-state index contributed by atoms with van der Waals surface area (Å²) in [6, 6.07) is 6.13. The van der Waals surface area contributed by atoms with Crippen LogP contribution in [0.4, 0.5) is 4.39 Å². The summed E-state index contributed by atoms with van der Waals surface area (Å²) in [7, 11) is 0. The van der Waals surface area contributed by atoms with E-state index in [9.17, 15) is 4.39 Å². The summed E-state index contributed by atoms with van der Waals surface area (Å²) < 4.78 is 14.6. The van der Waals surface area contributed by atoms with Crippen LogP contribution in [0.25, 0.3) is 5.69 Å². The monoisotopic (exact) mass is 240 g/mol. The topological polar surface area (TPSA) is 38.1 Å². The fraction of sp³-hybridized carbons (Fsp3) is 0.182. The highest BCUT2D eigenvalue weighted by atomic mass is 35.5. The second kappa shape index (κ2) is 4.23. The molecule has 3 nitrogen and oxygen atoms in total. The number of aryl methyl sites for hydroxylation is 1. The van der Waals surface area contributed by atoms with Crippen molar-refractivity contribution < 1.29 is 9.50 Å². The van der Waals surface area contributed by atoms with Gasteiger partial charge in [0, 0.05) is 5.69 Å². The van der Waals surface area contributed by atoms with E-state index in [1.54, 1.807) is 16.8 Å². The quantitative estimate of drug-likeness (QED) is 0.876. The molecule has 1 N–H and O–H groups in total. The van der Waals surface area contributed by atoms with Gasteiger partial charge in [0.25, 0.3) is 0 Å². The van der Waals surface area contributed by atoms with Gasteiger partial charge >= 0.3 is 0 Å². The van der Waals surface area contributed by atoms with Crippen LogP contribution in [0.3, 0.4) is 0 Å². The number of halogens is 2. The molecule has 0 atom stereocenters. The Bertz CT molecular complexity index is 525. The van der Waals surface area contributed by atoms with Gasteiger partial charge < -0.3 is 5.11 Å². The van der Waals surface area contributed by atoms with E-state index in [1.165, 1.54) is 12.1 Å². The van der Waals surface area contributed by atoms with Crippen molar-refractivity contribution in [2.75, 3.05) is 0 Å². The summed E-state index contributed by atoms with van der Waals surface area (Å²) in [5.74, 6) is -0.461. The van der Waals surface area contributed by atoms with Crippen LogP contribution in [0.2, 0.25) is 5.02 Å². The predicted molar refractivity (Wildman–Crippen MR) is 59.2 cm³/mol. The second-order valence-corrected chi connectivity index (χ2v) is 3.85. The zero-order chi connectivity index (χ0) is 11.7. The van der Waals surface area contributed by atoms with E-state index in [4.69, 9.17) is 16.7 Å². The van der Waals surface area contributed by atoms with Crippen molar-refractivity contribution in [1.82, 2.24) is 9.78 Å². The first kappa shape index (κ1) is 11.1. The van der Waals surface area contributed by atoms with Crippen LogP contribution in [0.5, 0.6) is 0 Å². The molecule has 0 aliphatic carbocycles. The van der Waals surface area contributed by atoms with Gasteiger partial charge in [0.15, 0.2) is 0 Å². The number of hydrogen-bond donors (Lipinski definition) is 1. The van der Waals surface area contributed by atoms with Crippen LogP contribution in [-0.4, -0.2) is 14.9 Å². The minimum atomic E-state index is -0.461. The number of aliphatic hydroxyl groups is 1. The summed E-state index contributed by atoms with van der Waals surface area (Å²) in [6.07, 6.45) is 0. The van der Waals surface area contributed by atoms with Gasteiger partial charge in [-0.1, -0.05) is 11.6 Å². The van der Waals surface area contributed by atoms with Crippen molar-refractivity contribution in [2.24, 2.45) is 0 Å². The van der Waals surface area contributed by atoms with Gasteiger partial charge in [-0.3, -0.25) is 0 Å². The van der Waals surface area contributed by atoms with Gasteiger partial charge in [-0.05, 0) is 31.2 Å². The normalized spacial score (nSPS) is 10.8. The summed E-state index contributed by atoms with van der Waals surface area (Å²) in [6.45, 7) is 1.73. The summed E-state index contributed by atoms with van der Waals surface area (Å²) in [4.78, 5) is 0. The summed E-state index contributed by atoms with van der Waals surface area (Å²) in [5.41, 5.74) is 2.09. The van der Waals surface area contributed by atoms with Gasteiger partial charge in [-0.15, -0.1) is 0 Å². The molecule has 0 spiro atoms. The minimum absolute atomic E-state index is 0.0537. The predicted octanol–water partition coefficient (Wildman–Crippen LogP) is 2.47. The zero-order valence-electron chi connectivity index (χ0n) is 8.61. The molecule has 5 heteroatoms. The average Bonchev–Trinajstić information content (AvgIpc) is 2.64. The lowest BCUT2D eigenvalue weighted by atomic mass is 10.3. The standard InChI is InChI=1S/C11H10ClFN2O/c1-7-4-8(6-16)14-15(7)9-2-3-11(13)10(12)5-9/h2-5,16H,6H2,1H3. The van der Waals surface area contributed by atoms with Gasteiger partial charge in [0.1, 0.15) is 5.82 Å². The number of aliphatic hydroxyl groups excluding tert-OH is 1. The molecule has 84 valence electrons. The van der Waals surface area contributed by atoms with E-state index in [1.807, 2.05) is 6.92 Å². The van der Waals surface area contributed by atoms with Gasteiger partial charge in [0.2, 0.25) is 0 Å². The third-order valence-corrected chi connectivity index (χ3v) is 2.54. The Morgan fingerprint density at radius 3 is 2.75 bits per heavy atom. The first-order valence-corrected chi connectivity index (χ1v) is 5.11. The lowest BCUT2D eigenvalue weighted by Gasteiger charge is -2.04. The molecule has 2 rings (SSSR count). The molecule has 0 saturated carbocycles. The minimum Gasteiger partial charge on any atom is -0.390 e. The number of nitrogens with zero attached hydrogens (tertiary/aromatic N) is 2. The van der Waals surface area contributed by atoms with Crippen molar-refractivity contribution in [3.05, 3.63) is 46.5 Å². The number of hydrogen-bond acceptors (Lipinski definition) is 2. The smallest absolute Gasteiger partial charge is 0.141 e. The van der Waals surface area contributed by atoms with Crippen LogP contribution in [0.15, 0.2) is 24.3 Å². The number of rotatable bonds is 2. The van der Waals surface area contributed by atoms with Gasteiger partial charge in [0.05, 0.1) is 23.0 Å². The van der Waals surface area contributed by atoms with E-state index in [-0.39, 0.29) is 11.6 Å². The molecule has 1 aromatic carbocycles. The molecule has 0 unspecified atom stereocenters. The van der Waals surface area contributed by atoms with Crippen LogP contribution < -0.4 is 0 Å². The molecule has 16 heavy (non-hydrogen) atoms. The second-order valence-electron chi connectivity index (χ2n) is 3.45. The highest BCUT2D eigenvalue weighted by Gasteiger charge is 2.07. The Hall–Kier alpha value is -1.39. The Kier molecular flexibility index (Phi) is 2.94. The molecule has 0 saturated heterocycles. The van der Waals surface area contributed by atoms with Crippen LogP contribution >= 0.6 is 11.6 Å². The highest BCUT2D eigenvalue weighted by Crippen LogP contribution is 2.20. The van der Waals surface area contributed by atoms with Crippen molar-refractivity contribution in [1.29, 1.82) is 0 Å². The average molecular weight is 241 g/mol. The molecular formula is C11H10ClFN2O. The third-order valence-electron chi connectivity index (χ3n) is 2.25.